The van der Waals surface area contributed by atoms with Gasteiger partial charge in [0.15, 0.2) is 0 Å². The Morgan fingerprint density at radius 2 is 1.48 bits per heavy atom. The van der Waals surface area contributed by atoms with Crippen LogP contribution in [0.5, 0.6) is 0 Å². The molecule has 1 aliphatic rings. The second-order valence-electron chi connectivity index (χ2n) is 9.07. The van der Waals surface area contributed by atoms with E-state index in [2.05, 4.69) is 11.4 Å². The lowest BCUT2D eigenvalue weighted by Gasteiger charge is -2.36. The number of rotatable bonds is 6. The van der Waals surface area contributed by atoms with Crippen LogP contribution in [0, 0.1) is 25.2 Å². The minimum absolute atomic E-state index is 0.00390. The van der Waals surface area contributed by atoms with Crippen molar-refractivity contribution in [2.24, 2.45) is 5.73 Å². The number of carbonyl (C=O) groups excluding carboxylic acids is 3. The Morgan fingerprint density at radius 3 is 2.08 bits per heavy atom. The molecule has 4 rings (SSSR count). The van der Waals surface area contributed by atoms with Crippen molar-refractivity contribution in [3.63, 3.8) is 0 Å². The standard InChI is InChI=1S/C31H28N4O5/c1-18-11-10-12-19(2)26(18)34-29(36)21-15-8-9-16-23(21)35-27(31(38)40-4)25(30(37)39-3)24(22(17-32)28(35)33)20-13-6-5-7-14-20/h5-16,24H,33H2,1-4H3,(H,34,36). The molecule has 40 heavy (non-hydrogen) atoms. The van der Waals surface area contributed by atoms with Gasteiger partial charge >= 0.3 is 11.9 Å². The van der Waals surface area contributed by atoms with Crippen LogP contribution in [-0.4, -0.2) is 32.1 Å². The molecular formula is C31H28N4O5. The van der Waals surface area contributed by atoms with Gasteiger partial charge in [0.1, 0.15) is 11.5 Å². The second-order valence-corrected chi connectivity index (χ2v) is 9.07. The lowest BCUT2D eigenvalue weighted by molar-refractivity contribution is -0.139. The molecule has 0 saturated heterocycles. The Morgan fingerprint density at radius 1 is 0.875 bits per heavy atom. The zero-order chi connectivity index (χ0) is 29.0. The number of nitrogens with zero attached hydrogens (tertiary/aromatic N) is 2. The summed E-state index contributed by atoms with van der Waals surface area (Å²) in [5.41, 5.74) is 9.45. The number of nitrogens with one attached hydrogen (secondary N) is 1. The number of methoxy groups -OCH3 is 2. The van der Waals surface area contributed by atoms with Crippen molar-refractivity contribution in [1.82, 2.24) is 0 Å². The van der Waals surface area contributed by atoms with Gasteiger partial charge in [0.2, 0.25) is 0 Å². The molecule has 1 atom stereocenters. The highest BCUT2D eigenvalue weighted by Gasteiger charge is 2.43. The number of hydrogen-bond acceptors (Lipinski definition) is 8. The molecule has 9 nitrogen and oxygen atoms in total. The summed E-state index contributed by atoms with van der Waals surface area (Å²) in [4.78, 5) is 41.5. The minimum atomic E-state index is -1.01. The third kappa shape index (κ3) is 4.90. The number of allylic oxidation sites excluding steroid dienone is 1. The maximum absolute atomic E-state index is 13.7. The quantitative estimate of drug-likeness (QED) is 0.441. The molecule has 9 heteroatoms. The van der Waals surface area contributed by atoms with E-state index in [0.29, 0.717) is 11.3 Å². The molecule has 1 unspecified atom stereocenters. The number of benzene rings is 3. The lowest BCUT2D eigenvalue weighted by atomic mass is 9.80. The lowest BCUT2D eigenvalue weighted by Crippen LogP contribution is -2.41. The van der Waals surface area contributed by atoms with Crippen LogP contribution < -0.4 is 16.0 Å². The zero-order valence-electron chi connectivity index (χ0n) is 22.5. The average Bonchev–Trinajstić information content (AvgIpc) is 2.98. The second kappa shape index (κ2) is 11.6. The van der Waals surface area contributed by atoms with Gasteiger partial charge in [0.25, 0.3) is 5.91 Å². The predicted octanol–water partition coefficient (Wildman–Crippen LogP) is 4.45. The van der Waals surface area contributed by atoms with Gasteiger partial charge in [-0.15, -0.1) is 0 Å². The number of anilines is 2. The first-order valence-corrected chi connectivity index (χ1v) is 12.4. The number of carbonyl (C=O) groups is 3. The van der Waals surface area contributed by atoms with Crippen LogP contribution in [0.15, 0.2) is 95.5 Å². The number of aryl methyl sites for hydroxylation is 2. The predicted molar refractivity (Wildman–Crippen MR) is 150 cm³/mol. The summed E-state index contributed by atoms with van der Waals surface area (Å²) in [6, 6.07) is 22.9. The van der Waals surface area contributed by atoms with E-state index in [1.165, 1.54) is 19.1 Å². The largest absolute Gasteiger partial charge is 0.466 e. The number of nitriles is 1. The normalized spacial score (nSPS) is 14.9. The number of para-hydroxylation sites is 2. The Hall–Kier alpha value is -5.36. The number of nitrogens with two attached hydrogens (primary N) is 1. The van der Waals surface area contributed by atoms with Crippen LogP contribution in [0.2, 0.25) is 0 Å². The number of esters is 2. The SMILES string of the molecule is COC(=O)C1=C(C(=O)OC)N(c2ccccc2C(=O)Nc2c(C)cccc2C)C(N)=C(C#N)C1c1ccccc1. The number of ether oxygens (including phenoxy) is 2. The van der Waals surface area contributed by atoms with Crippen molar-refractivity contribution in [3.8, 4) is 6.07 Å². The molecule has 3 aromatic rings. The number of hydrogen-bond donors (Lipinski definition) is 2. The van der Waals surface area contributed by atoms with E-state index >= 15 is 0 Å². The van der Waals surface area contributed by atoms with E-state index in [9.17, 15) is 19.6 Å². The Labute approximate surface area is 232 Å². The van der Waals surface area contributed by atoms with Gasteiger partial charge in [0.05, 0.1) is 48.6 Å². The molecule has 1 amide bonds. The molecule has 0 bridgehead atoms. The minimum Gasteiger partial charge on any atom is -0.466 e. The summed E-state index contributed by atoms with van der Waals surface area (Å²) in [5.74, 6) is -3.37. The molecule has 3 aromatic carbocycles. The van der Waals surface area contributed by atoms with Crippen molar-refractivity contribution in [2.45, 2.75) is 19.8 Å². The summed E-state index contributed by atoms with van der Waals surface area (Å²) in [7, 11) is 2.34. The van der Waals surface area contributed by atoms with Gasteiger partial charge in [-0.3, -0.25) is 9.69 Å². The Bertz CT molecular complexity index is 1580. The third-order valence-corrected chi connectivity index (χ3v) is 6.72. The molecule has 0 aromatic heterocycles. The molecule has 202 valence electrons. The first-order chi connectivity index (χ1) is 19.2. The van der Waals surface area contributed by atoms with E-state index in [0.717, 1.165) is 11.1 Å². The van der Waals surface area contributed by atoms with Crippen LogP contribution in [0.25, 0.3) is 0 Å². The van der Waals surface area contributed by atoms with E-state index in [1.807, 2.05) is 32.0 Å². The van der Waals surface area contributed by atoms with E-state index in [-0.39, 0.29) is 33.9 Å². The molecule has 0 spiro atoms. The van der Waals surface area contributed by atoms with E-state index in [1.54, 1.807) is 54.6 Å². The van der Waals surface area contributed by atoms with Gasteiger partial charge in [0, 0.05) is 5.69 Å². The summed E-state index contributed by atoms with van der Waals surface area (Å²) in [5, 5.41) is 13.2. The van der Waals surface area contributed by atoms with Crippen LogP contribution in [0.3, 0.4) is 0 Å². The van der Waals surface area contributed by atoms with Crippen LogP contribution in [-0.2, 0) is 19.1 Å². The fourth-order valence-corrected chi connectivity index (χ4v) is 4.82. The maximum Gasteiger partial charge on any atom is 0.355 e. The van der Waals surface area contributed by atoms with Gasteiger partial charge in [-0.2, -0.15) is 5.26 Å². The number of amides is 1. The topological polar surface area (TPSA) is 135 Å². The molecular weight excluding hydrogens is 508 g/mol. The van der Waals surface area contributed by atoms with Crippen molar-refractivity contribution in [2.75, 3.05) is 24.4 Å². The third-order valence-electron chi connectivity index (χ3n) is 6.72. The molecule has 3 N–H and O–H groups in total. The van der Waals surface area contributed by atoms with E-state index < -0.39 is 23.8 Å². The molecule has 0 fully saturated rings. The Balaban J connectivity index is 1.99. The fraction of sp³-hybridized carbons (Fsp3) is 0.161. The molecule has 1 aliphatic heterocycles. The summed E-state index contributed by atoms with van der Waals surface area (Å²) < 4.78 is 10.2. The average molecular weight is 537 g/mol. The summed E-state index contributed by atoms with van der Waals surface area (Å²) in [6.07, 6.45) is 0. The van der Waals surface area contributed by atoms with E-state index in [4.69, 9.17) is 15.2 Å². The van der Waals surface area contributed by atoms with Crippen LogP contribution in [0.1, 0.15) is 33.0 Å². The molecule has 0 radical (unpaired) electrons. The molecule has 0 saturated carbocycles. The monoisotopic (exact) mass is 536 g/mol. The van der Waals surface area contributed by atoms with Crippen molar-refractivity contribution >= 4 is 29.2 Å². The highest BCUT2D eigenvalue weighted by atomic mass is 16.5. The van der Waals surface area contributed by atoms with Crippen molar-refractivity contribution in [3.05, 3.63) is 118 Å². The first-order valence-electron chi connectivity index (χ1n) is 12.4. The highest BCUT2D eigenvalue weighted by Crippen LogP contribution is 2.44. The van der Waals surface area contributed by atoms with Crippen LogP contribution in [0.4, 0.5) is 11.4 Å². The van der Waals surface area contributed by atoms with Crippen molar-refractivity contribution < 1.29 is 23.9 Å². The maximum atomic E-state index is 13.7. The van der Waals surface area contributed by atoms with Gasteiger partial charge in [-0.1, -0.05) is 60.7 Å². The van der Waals surface area contributed by atoms with Gasteiger partial charge in [-0.05, 0) is 42.7 Å². The summed E-state index contributed by atoms with van der Waals surface area (Å²) >= 11 is 0. The van der Waals surface area contributed by atoms with Gasteiger partial charge < -0.3 is 20.5 Å². The molecule has 0 aliphatic carbocycles. The van der Waals surface area contributed by atoms with Gasteiger partial charge in [-0.25, -0.2) is 9.59 Å². The molecule has 1 heterocycles. The Kier molecular flexibility index (Phi) is 8.01. The van der Waals surface area contributed by atoms with Crippen molar-refractivity contribution in [1.29, 1.82) is 5.26 Å². The zero-order valence-corrected chi connectivity index (χ0v) is 22.5. The fourth-order valence-electron chi connectivity index (χ4n) is 4.82. The first kappa shape index (κ1) is 27.7. The summed E-state index contributed by atoms with van der Waals surface area (Å²) in [6.45, 7) is 3.76. The highest BCUT2D eigenvalue weighted by molar-refractivity contribution is 6.12. The van der Waals surface area contributed by atoms with Crippen LogP contribution >= 0.6 is 0 Å². The smallest absolute Gasteiger partial charge is 0.355 e.